The molecule has 0 spiro atoms. The lowest BCUT2D eigenvalue weighted by molar-refractivity contribution is -0.130. The Kier molecular flexibility index (Phi) is 5.54. The average molecular weight is 334 g/mol. The van der Waals surface area contributed by atoms with Gasteiger partial charge in [0.25, 0.3) is 0 Å². The number of guanidine groups is 1. The second-order valence-corrected chi connectivity index (χ2v) is 7.26. The summed E-state index contributed by atoms with van der Waals surface area (Å²) in [5, 5.41) is 8.82. The molecular formula is C17H26N4OS. The fourth-order valence-electron chi connectivity index (χ4n) is 3.29. The normalized spacial score (nSPS) is 18.8. The molecule has 1 aromatic rings. The summed E-state index contributed by atoms with van der Waals surface area (Å²) in [7, 11) is 0. The highest BCUT2D eigenvalue weighted by atomic mass is 32.1. The maximum Gasteiger partial charge on any atom is 0.244 e. The molecule has 1 aliphatic heterocycles. The molecule has 1 aliphatic carbocycles. The Morgan fingerprint density at radius 2 is 2.26 bits per heavy atom. The van der Waals surface area contributed by atoms with Gasteiger partial charge in [-0.3, -0.25) is 4.79 Å². The van der Waals surface area contributed by atoms with E-state index in [0.29, 0.717) is 6.04 Å². The van der Waals surface area contributed by atoms with Gasteiger partial charge in [0.2, 0.25) is 5.91 Å². The van der Waals surface area contributed by atoms with Gasteiger partial charge in [0, 0.05) is 30.6 Å². The molecule has 126 valence electrons. The standard InChI is InChI=1S/C17H26N4OS/c1-2-18-17(20-14-5-3-4-6-14)19-11-16(22)21-9-7-15-13(12-21)8-10-23-15/h8,10,14H,2-7,9,11-12H2,1H3,(H2,18,19,20). The molecule has 2 N–H and O–H groups in total. The van der Waals surface area contributed by atoms with Gasteiger partial charge >= 0.3 is 0 Å². The molecule has 0 bridgehead atoms. The Morgan fingerprint density at radius 1 is 1.43 bits per heavy atom. The van der Waals surface area contributed by atoms with Crippen molar-refractivity contribution in [2.24, 2.45) is 4.99 Å². The van der Waals surface area contributed by atoms with Crippen molar-refractivity contribution in [1.29, 1.82) is 0 Å². The van der Waals surface area contributed by atoms with Crippen molar-refractivity contribution in [2.45, 2.75) is 51.6 Å². The summed E-state index contributed by atoms with van der Waals surface area (Å²) in [6.45, 7) is 4.64. The van der Waals surface area contributed by atoms with Crippen LogP contribution in [0.1, 0.15) is 43.0 Å². The molecule has 23 heavy (non-hydrogen) atoms. The van der Waals surface area contributed by atoms with Gasteiger partial charge in [0.05, 0.1) is 0 Å². The van der Waals surface area contributed by atoms with Crippen LogP contribution in [0.2, 0.25) is 0 Å². The van der Waals surface area contributed by atoms with Crippen LogP contribution in [0.3, 0.4) is 0 Å². The van der Waals surface area contributed by atoms with Gasteiger partial charge in [0.1, 0.15) is 6.54 Å². The Bertz CT molecular complexity index is 563. The average Bonchev–Trinajstić information content (AvgIpc) is 3.23. The first-order chi connectivity index (χ1) is 11.3. The Hall–Kier alpha value is -1.56. The topological polar surface area (TPSA) is 56.7 Å². The van der Waals surface area contributed by atoms with Gasteiger partial charge in [-0.2, -0.15) is 0 Å². The summed E-state index contributed by atoms with van der Waals surface area (Å²) in [5.74, 6) is 0.895. The Labute approximate surface area is 142 Å². The Balaban J connectivity index is 1.55. The number of carbonyl (C=O) groups excluding carboxylic acids is 1. The number of rotatable bonds is 4. The van der Waals surface area contributed by atoms with E-state index in [2.05, 4.69) is 34.0 Å². The zero-order valence-corrected chi connectivity index (χ0v) is 14.6. The third kappa shape index (κ3) is 4.25. The maximum atomic E-state index is 12.4. The first-order valence-corrected chi connectivity index (χ1v) is 9.52. The van der Waals surface area contributed by atoms with Crippen LogP contribution in [0.5, 0.6) is 0 Å². The lowest BCUT2D eigenvalue weighted by atomic mass is 10.1. The van der Waals surface area contributed by atoms with E-state index in [1.807, 2.05) is 4.90 Å². The molecule has 5 nitrogen and oxygen atoms in total. The molecule has 0 saturated heterocycles. The second kappa shape index (κ2) is 7.81. The minimum absolute atomic E-state index is 0.116. The third-order valence-corrected chi connectivity index (χ3v) is 5.60. The number of fused-ring (bicyclic) bond motifs is 1. The quantitative estimate of drug-likeness (QED) is 0.655. The minimum Gasteiger partial charge on any atom is -0.357 e. The van der Waals surface area contributed by atoms with Gasteiger partial charge in [0.15, 0.2) is 5.96 Å². The van der Waals surface area contributed by atoms with E-state index in [9.17, 15) is 4.79 Å². The zero-order chi connectivity index (χ0) is 16.1. The summed E-state index contributed by atoms with van der Waals surface area (Å²) in [5.41, 5.74) is 1.30. The Morgan fingerprint density at radius 3 is 3.04 bits per heavy atom. The fraction of sp³-hybridized carbons (Fsp3) is 0.647. The number of hydrogen-bond donors (Lipinski definition) is 2. The van der Waals surface area contributed by atoms with Crippen molar-refractivity contribution in [2.75, 3.05) is 19.6 Å². The van der Waals surface area contributed by atoms with Gasteiger partial charge in [-0.05, 0) is 43.2 Å². The molecule has 1 saturated carbocycles. The van der Waals surface area contributed by atoms with E-state index in [4.69, 9.17) is 0 Å². The van der Waals surface area contributed by atoms with E-state index in [-0.39, 0.29) is 12.5 Å². The van der Waals surface area contributed by atoms with Crippen LogP contribution in [0.4, 0.5) is 0 Å². The summed E-state index contributed by atoms with van der Waals surface area (Å²) < 4.78 is 0. The van der Waals surface area contributed by atoms with Crippen molar-refractivity contribution in [3.63, 3.8) is 0 Å². The van der Waals surface area contributed by atoms with E-state index in [1.54, 1.807) is 11.3 Å². The van der Waals surface area contributed by atoms with Crippen LogP contribution >= 0.6 is 11.3 Å². The summed E-state index contributed by atoms with van der Waals surface area (Å²) in [6, 6.07) is 2.64. The number of hydrogen-bond acceptors (Lipinski definition) is 3. The van der Waals surface area contributed by atoms with E-state index in [1.165, 1.54) is 36.1 Å². The molecule has 3 rings (SSSR count). The van der Waals surface area contributed by atoms with Crippen LogP contribution in [0, 0.1) is 0 Å². The molecule has 0 atom stereocenters. The van der Waals surface area contributed by atoms with E-state index < -0.39 is 0 Å². The minimum atomic E-state index is 0.116. The molecule has 1 aromatic heterocycles. The molecule has 1 fully saturated rings. The van der Waals surface area contributed by atoms with Crippen molar-refractivity contribution < 1.29 is 4.79 Å². The van der Waals surface area contributed by atoms with Crippen molar-refractivity contribution in [3.8, 4) is 0 Å². The number of amides is 1. The predicted octanol–water partition coefficient (Wildman–Crippen LogP) is 2.13. The third-order valence-electron chi connectivity index (χ3n) is 4.57. The number of nitrogens with one attached hydrogen (secondary N) is 2. The van der Waals surface area contributed by atoms with Gasteiger partial charge in [-0.25, -0.2) is 4.99 Å². The molecule has 2 heterocycles. The first kappa shape index (κ1) is 16.3. The fourth-order valence-corrected chi connectivity index (χ4v) is 4.18. The molecule has 0 aromatic carbocycles. The van der Waals surface area contributed by atoms with Crippen LogP contribution in [0.15, 0.2) is 16.4 Å². The van der Waals surface area contributed by atoms with E-state index >= 15 is 0 Å². The molecule has 6 heteroatoms. The number of nitrogens with zero attached hydrogens (tertiary/aromatic N) is 2. The highest BCUT2D eigenvalue weighted by Gasteiger charge is 2.21. The lowest BCUT2D eigenvalue weighted by Crippen LogP contribution is -2.43. The molecule has 0 unspecified atom stereocenters. The zero-order valence-electron chi connectivity index (χ0n) is 13.8. The molecular weight excluding hydrogens is 308 g/mol. The van der Waals surface area contributed by atoms with Crippen molar-refractivity contribution in [1.82, 2.24) is 15.5 Å². The predicted molar refractivity (Wildman–Crippen MR) is 94.8 cm³/mol. The van der Waals surface area contributed by atoms with Crippen LogP contribution in [-0.4, -0.2) is 42.4 Å². The first-order valence-electron chi connectivity index (χ1n) is 8.64. The number of aliphatic imine (C=N–C) groups is 1. The number of thiophene rings is 1. The second-order valence-electron chi connectivity index (χ2n) is 6.26. The van der Waals surface area contributed by atoms with Gasteiger partial charge in [-0.15, -0.1) is 11.3 Å². The smallest absolute Gasteiger partial charge is 0.244 e. The van der Waals surface area contributed by atoms with E-state index in [0.717, 1.165) is 32.0 Å². The molecule has 1 amide bonds. The SMILES string of the molecule is CCNC(=NCC(=O)N1CCc2sccc2C1)NC1CCCC1. The number of carbonyl (C=O) groups is 1. The van der Waals surface area contributed by atoms with Gasteiger partial charge < -0.3 is 15.5 Å². The summed E-state index contributed by atoms with van der Waals surface area (Å²) in [6.07, 6.45) is 5.94. The monoisotopic (exact) mass is 334 g/mol. The summed E-state index contributed by atoms with van der Waals surface area (Å²) >= 11 is 1.80. The molecule has 0 radical (unpaired) electrons. The van der Waals surface area contributed by atoms with Crippen molar-refractivity contribution >= 4 is 23.2 Å². The maximum absolute atomic E-state index is 12.4. The van der Waals surface area contributed by atoms with Crippen LogP contribution in [-0.2, 0) is 17.8 Å². The van der Waals surface area contributed by atoms with Crippen LogP contribution in [0.25, 0.3) is 0 Å². The molecule has 2 aliphatic rings. The largest absolute Gasteiger partial charge is 0.357 e. The highest BCUT2D eigenvalue weighted by molar-refractivity contribution is 7.10. The lowest BCUT2D eigenvalue weighted by Gasteiger charge is -2.26. The van der Waals surface area contributed by atoms with Crippen molar-refractivity contribution in [3.05, 3.63) is 21.9 Å². The summed E-state index contributed by atoms with van der Waals surface area (Å²) in [4.78, 5) is 20.3. The van der Waals surface area contributed by atoms with Gasteiger partial charge in [-0.1, -0.05) is 12.8 Å². The van der Waals surface area contributed by atoms with Crippen LogP contribution < -0.4 is 10.6 Å². The highest BCUT2D eigenvalue weighted by Crippen LogP contribution is 2.24.